The SMILES string of the molecule is COc1ccc(-n2ncc3c(NC(=O)c4cc(CNC(=O)C5(C(F)(F)F)CC5)ccc4Cl)cccc32)cc1C(F)(F)F. The molecular formula is C28H21ClF6N4O3. The molecule has 5 rings (SSSR count). The van der Waals surface area contributed by atoms with Gasteiger partial charge in [-0.25, -0.2) is 4.68 Å². The zero-order valence-corrected chi connectivity index (χ0v) is 22.4. The predicted octanol–water partition coefficient (Wildman–Crippen LogP) is 6.92. The number of amides is 2. The Morgan fingerprint density at radius 2 is 1.79 bits per heavy atom. The zero-order chi connectivity index (χ0) is 30.4. The van der Waals surface area contributed by atoms with E-state index in [2.05, 4.69) is 15.7 Å². The quantitative estimate of drug-likeness (QED) is 0.223. The van der Waals surface area contributed by atoms with Crippen molar-refractivity contribution in [3.63, 3.8) is 0 Å². The summed E-state index contributed by atoms with van der Waals surface area (Å²) < 4.78 is 86.4. The topological polar surface area (TPSA) is 85.2 Å². The number of nitrogens with one attached hydrogen (secondary N) is 2. The van der Waals surface area contributed by atoms with Crippen LogP contribution in [0.1, 0.15) is 34.3 Å². The number of anilines is 1. The lowest BCUT2D eigenvalue weighted by molar-refractivity contribution is -0.192. The van der Waals surface area contributed by atoms with Crippen LogP contribution in [0.25, 0.3) is 16.6 Å². The first-order valence-corrected chi connectivity index (χ1v) is 12.8. The van der Waals surface area contributed by atoms with Gasteiger partial charge in [0.2, 0.25) is 5.91 Å². The van der Waals surface area contributed by atoms with Gasteiger partial charge in [0, 0.05) is 11.9 Å². The van der Waals surface area contributed by atoms with E-state index in [4.69, 9.17) is 16.3 Å². The molecule has 3 aromatic carbocycles. The van der Waals surface area contributed by atoms with Gasteiger partial charge in [-0.05, 0) is 60.9 Å². The van der Waals surface area contributed by atoms with Gasteiger partial charge in [-0.15, -0.1) is 0 Å². The molecule has 4 aromatic rings. The van der Waals surface area contributed by atoms with Gasteiger partial charge in [0.25, 0.3) is 5.91 Å². The first kappa shape index (κ1) is 29.2. The molecule has 220 valence electrons. The average molecular weight is 611 g/mol. The summed E-state index contributed by atoms with van der Waals surface area (Å²) in [5.41, 5.74) is -2.22. The number of hydrogen-bond donors (Lipinski definition) is 2. The van der Waals surface area contributed by atoms with E-state index in [0.29, 0.717) is 16.5 Å². The summed E-state index contributed by atoms with van der Waals surface area (Å²) in [5.74, 6) is -2.13. The van der Waals surface area contributed by atoms with Crippen molar-refractivity contribution < 1.29 is 40.7 Å². The number of alkyl halides is 6. The van der Waals surface area contributed by atoms with Crippen molar-refractivity contribution in [1.29, 1.82) is 0 Å². The lowest BCUT2D eigenvalue weighted by Gasteiger charge is -2.18. The Bertz CT molecular complexity index is 1700. The fourth-order valence-corrected chi connectivity index (χ4v) is 4.78. The third-order valence-corrected chi connectivity index (χ3v) is 7.38. The first-order chi connectivity index (χ1) is 19.7. The normalized spacial score (nSPS) is 14.5. The van der Waals surface area contributed by atoms with Gasteiger partial charge in [0.1, 0.15) is 11.2 Å². The number of hydrogen-bond acceptors (Lipinski definition) is 4. The van der Waals surface area contributed by atoms with Gasteiger partial charge in [-0.1, -0.05) is 23.7 Å². The van der Waals surface area contributed by atoms with Crippen molar-refractivity contribution in [3.05, 3.63) is 82.5 Å². The largest absolute Gasteiger partial charge is 0.496 e. The van der Waals surface area contributed by atoms with E-state index in [1.54, 1.807) is 18.2 Å². The number of carbonyl (C=O) groups is 2. The molecule has 0 unspecified atom stereocenters. The number of ether oxygens (including phenoxy) is 1. The molecule has 1 saturated carbocycles. The molecule has 7 nitrogen and oxygen atoms in total. The molecule has 1 heterocycles. The Labute approximate surface area is 239 Å². The highest BCUT2D eigenvalue weighted by molar-refractivity contribution is 6.34. The molecule has 0 spiro atoms. The van der Waals surface area contributed by atoms with Crippen molar-refractivity contribution in [1.82, 2.24) is 15.1 Å². The van der Waals surface area contributed by atoms with Crippen molar-refractivity contribution in [2.45, 2.75) is 31.7 Å². The minimum absolute atomic E-state index is 0.00487. The summed E-state index contributed by atoms with van der Waals surface area (Å²) in [5, 5.41) is 9.65. The van der Waals surface area contributed by atoms with Crippen LogP contribution in [0.4, 0.5) is 32.0 Å². The fourth-order valence-electron chi connectivity index (χ4n) is 4.58. The summed E-state index contributed by atoms with van der Waals surface area (Å²) >= 11 is 6.23. The van der Waals surface area contributed by atoms with Gasteiger partial charge in [0.15, 0.2) is 0 Å². The van der Waals surface area contributed by atoms with E-state index in [1.807, 2.05) is 0 Å². The Hall–Kier alpha value is -4.26. The van der Waals surface area contributed by atoms with E-state index < -0.39 is 35.1 Å². The minimum atomic E-state index is -4.67. The van der Waals surface area contributed by atoms with Gasteiger partial charge in [-0.3, -0.25) is 9.59 Å². The van der Waals surface area contributed by atoms with Crippen LogP contribution in [0.2, 0.25) is 5.02 Å². The molecule has 1 aliphatic carbocycles. The number of rotatable bonds is 7. The second-order valence-corrected chi connectivity index (χ2v) is 10.1. The molecule has 0 saturated heterocycles. The second-order valence-electron chi connectivity index (χ2n) is 9.71. The molecule has 1 aromatic heterocycles. The minimum Gasteiger partial charge on any atom is -0.496 e. The Morgan fingerprint density at radius 1 is 1.05 bits per heavy atom. The van der Waals surface area contributed by atoms with E-state index >= 15 is 0 Å². The van der Waals surface area contributed by atoms with Crippen LogP contribution in [0.3, 0.4) is 0 Å². The number of methoxy groups -OCH3 is 1. The highest BCUT2D eigenvalue weighted by atomic mass is 35.5. The number of aromatic nitrogens is 2. The number of nitrogens with zero attached hydrogens (tertiary/aromatic N) is 2. The Kier molecular flexibility index (Phi) is 7.34. The molecule has 14 heteroatoms. The maximum absolute atomic E-state index is 13.6. The van der Waals surface area contributed by atoms with E-state index in [1.165, 1.54) is 41.2 Å². The molecule has 0 aliphatic heterocycles. The number of halogens is 7. The van der Waals surface area contributed by atoms with Gasteiger partial charge in [-0.2, -0.15) is 31.4 Å². The van der Waals surface area contributed by atoms with Crippen molar-refractivity contribution in [2.75, 3.05) is 12.4 Å². The summed E-state index contributed by atoms with van der Waals surface area (Å²) in [6.07, 6.45) is -8.49. The number of fused-ring (bicyclic) bond motifs is 1. The van der Waals surface area contributed by atoms with Crippen molar-refractivity contribution >= 4 is 40.0 Å². The third-order valence-electron chi connectivity index (χ3n) is 7.05. The smallest absolute Gasteiger partial charge is 0.420 e. The summed E-state index contributed by atoms with van der Waals surface area (Å²) in [6, 6.07) is 12.5. The molecule has 1 aliphatic rings. The number of benzene rings is 3. The highest BCUT2D eigenvalue weighted by Gasteiger charge is 2.68. The average Bonchev–Trinajstić information content (AvgIpc) is 3.66. The van der Waals surface area contributed by atoms with Crippen LogP contribution >= 0.6 is 11.6 Å². The third kappa shape index (κ3) is 5.36. The van der Waals surface area contributed by atoms with Crippen LogP contribution in [-0.4, -0.2) is 34.9 Å². The van der Waals surface area contributed by atoms with Crippen LogP contribution < -0.4 is 15.4 Å². The summed E-state index contributed by atoms with van der Waals surface area (Å²) in [4.78, 5) is 25.4. The summed E-state index contributed by atoms with van der Waals surface area (Å²) in [6.45, 7) is -0.252. The molecular weight excluding hydrogens is 590 g/mol. The van der Waals surface area contributed by atoms with Crippen LogP contribution in [0.15, 0.2) is 60.8 Å². The van der Waals surface area contributed by atoms with Crippen molar-refractivity contribution in [2.24, 2.45) is 5.41 Å². The molecule has 0 atom stereocenters. The lowest BCUT2D eigenvalue weighted by atomic mass is 10.1. The van der Waals surface area contributed by atoms with Gasteiger partial charge < -0.3 is 15.4 Å². The predicted molar refractivity (Wildman–Crippen MR) is 142 cm³/mol. The van der Waals surface area contributed by atoms with Crippen molar-refractivity contribution in [3.8, 4) is 11.4 Å². The molecule has 42 heavy (non-hydrogen) atoms. The molecule has 0 radical (unpaired) electrons. The van der Waals surface area contributed by atoms with Crippen LogP contribution in [0.5, 0.6) is 5.75 Å². The maximum Gasteiger partial charge on any atom is 0.420 e. The van der Waals surface area contributed by atoms with E-state index in [0.717, 1.165) is 13.2 Å². The van der Waals surface area contributed by atoms with Crippen LogP contribution in [0, 0.1) is 5.41 Å². The molecule has 0 bridgehead atoms. The highest BCUT2D eigenvalue weighted by Crippen LogP contribution is 2.57. The second kappa shape index (κ2) is 10.5. The Morgan fingerprint density at radius 3 is 2.43 bits per heavy atom. The Balaban J connectivity index is 1.37. The maximum atomic E-state index is 13.6. The zero-order valence-electron chi connectivity index (χ0n) is 21.7. The summed E-state index contributed by atoms with van der Waals surface area (Å²) in [7, 11) is 1.14. The number of carbonyl (C=O) groups excluding carboxylic acids is 2. The molecule has 2 N–H and O–H groups in total. The standard InChI is InChI=1S/C28H21ClF6N4O3/c1-42-23-8-6-16(12-19(23)27(30,31)32)39-22-4-2-3-21(18(22)14-37-39)38-24(40)17-11-15(5-7-20(17)29)13-36-25(41)26(9-10-26)28(33,34)35/h2-8,11-12,14H,9-10,13H2,1H3,(H,36,41)(H,38,40). The fraction of sp³-hybridized carbons (Fsp3) is 0.250. The van der Waals surface area contributed by atoms with Crippen LogP contribution in [-0.2, 0) is 17.5 Å². The molecule has 1 fully saturated rings. The molecule has 2 amide bonds. The van der Waals surface area contributed by atoms with E-state index in [9.17, 15) is 35.9 Å². The monoisotopic (exact) mass is 610 g/mol. The first-order valence-electron chi connectivity index (χ1n) is 12.4. The van der Waals surface area contributed by atoms with Gasteiger partial charge in [0.05, 0.1) is 46.3 Å². The lowest BCUT2D eigenvalue weighted by Crippen LogP contribution is -2.40. The van der Waals surface area contributed by atoms with Gasteiger partial charge >= 0.3 is 12.4 Å². The van der Waals surface area contributed by atoms with E-state index in [-0.39, 0.29) is 47.1 Å².